The summed E-state index contributed by atoms with van der Waals surface area (Å²) in [6.45, 7) is 2.32. The summed E-state index contributed by atoms with van der Waals surface area (Å²) < 4.78 is 36.8. The highest BCUT2D eigenvalue weighted by Crippen LogP contribution is 2.21. The molecule has 166 valence electrons. The highest BCUT2D eigenvalue weighted by Gasteiger charge is 2.24. The maximum Gasteiger partial charge on any atom is 0.331 e. The molecule has 1 aromatic carbocycles. The van der Waals surface area contributed by atoms with Gasteiger partial charge in [0.15, 0.2) is 6.61 Å². The van der Waals surface area contributed by atoms with Crippen molar-refractivity contribution in [1.82, 2.24) is 9.46 Å². The predicted octanol–water partition coefficient (Wildman–Crippen LogP) is 2.74. The molecule has 10 heteroatoms. The van der Waals surface area contributed by atoms with E-state index in [1.165, 1.54) is 34.7 Å². The number of carbonyl (C=O) groups excluding carboxylic acids is 2. The fourth-order valence-corrected chi connectivity index (χ4v) is 4.64. The average Bonchev–Trinajstić information content (AvgIpc) is 2.98. The number of ether oxygens (including phenoxy) is 1. The molecule has 0 radical (unpaired) electrons. The minimum Gasteiger partial charge on any atom is -0.452 e. The van der Waals surface area contributed by atoms with Gasteiger partial charge in [-0.05, 0) is 43.5 Å². The molecule has 0 bridgehead atoms. The van der Waals surface area contributed by atoms with E-state index < -0.39 is 28.5 Å². The Morgan fingerprint density at radius 1 is 1.16 bits per heavy atom. The van der Waals surface area contributed by atoms with E-state index in [0.717, 1.165) is 25.7 Å². The Kier molecular flexibility index (Phi) is 7.59. The van der Waals surface area contributed by atoms with Crippen LogP contribution in [0.4, 0.5) is 5.88 Å². The Morgan fingerprint density at radius 2 is 1.84 bits per heavy atom. The molecule has 3 rings (SSSR count). The number of sulfonamides is 1. The summed E-state index contributed by atoms with van der Waals surface area (Å²) in [5.74, 6) is -1.09. The summed E-state index contributed by atoms with van der Waals surface area (Å²) in [4.78, 5) is 23.8. The monoisotopic (exact) mass is 447 g/mol. The molecule has 0 spiro atoms. The zero-order valence-corrected chi connectivity index (χ0v) is 18.1. The summed E-state index contributed by atoms with van der Waals surface area (Å²) >= 11 is 0. The number of aromatic nitrogens is 1. The minimum absolute atomic E-state index is 0.171. The van der Waals surface area contributed by atoms with E-state index in [9.17, 15) is 18.0 Å². The first kappa shape index (κ1) is 22.7. The van der Waals surface area contributed by atoms with Gasteiger partial charge in [0.25, 0.3) is 5.91 Å². The lowest BCUT2D eigenvalue weighted by molar-refractivity contribution is -0.142. The van der Waals surface area contributed by atoms with Gasteiger partial charge >= 0.3 is 5.97 Å². The summed E-state index contributed by atoms with van der Waals surface area (Å²) in [6.07, 6.45) is 6.50. The normalized spacial score (nSPS) is 15.5. The number of hydrogen-bond donors (Lipinski definition) is 1. The van der Waals surface area contributed by atoms with Crippen LogP contribution in [0.5, 0.6) is 0 Å². The summed E-state index contributed by atoms with van der Waals surface area (Å²) in [7, 11) is -3.51. The third kappa shape index (κ3) is 6.50. The second kappa shape index (κ2) is 10.4. The largest absolute Gasteiger partial charge is 0.452 e. The Morgan fingerprint density at radius 3 is 2.45 bits per heavy atom. The topological polar surface area (TPSA) is 119 Å². The Balaban J connectivity index is 1.51. The van der Waals surface area contributed by atoms with Crippen LogP contribution in [0.1, 0.15) is 36.9 Å². The van der Waals surface area contributed by atoms with Crippen LogP contribution in [0.3, 0.4) is 0 Å². The van der Waals surface area contributed by atoms with Crippen LogP contribution in [0, 0.1) is 6.92 Å². The molecule has 31 heavy (non-hydrogen) atoms. The van der Waals surface area contributed by atoms with E-state index >= 15 is 0 Å². The third-order valence-corrected chi connectivity index (χ3v) is 6.64. The zero-order valence-electron chi connectivity index (χ0n) is 17.2. The summed E-state index contributed by atoms with van der Waals surface area (Å²) in [6, 6.07) is 7.83. The number of aryl methyl sites for hydroxylation is 1. The van der Waals surface area contributed by atoms with Gasteiger partial charge in [-0.25, -0.2) is 13.2 Å². The molecule has 0 unspecified atom stereocenters. The lowest BCUT2D eigenvalue weighted by atomic mass is 10.2. The van der Waals surface area contributed by atoms with Crippen molar-refractivity contribution >= 4 is 33.9 Å². The number of benzene rings is 1. The Hall–Kier alpha value is -2.98. The molecule has 1 N–H and O–H groups in total. The second-order valence-corrected chi connectivity index (χ2v) is 9.15. The number of nitrogens with zero attached hydrogens (tertiary/aromatic N) is 2. The molecule has 2 heterocycles. The quantitative estimate of drug-likeness (QED) is 0.512. The highest BCUT2D eigenvalue weighted by atomic mass is 32.2. The second-order valence-electron chi connectivity index (χ2n) is 7.21. The standard InChI is InChI=1S/C21H25N3O6S/c1-16-14-20(30-23-16)22-19(25)15-29-21(26)11-8-17-6-9-18(10-7-17)31(27,28)24-12-4-2-3-5-13-24/h6-11,14H,2-5,12-13,15H2,1H3,(H,22,25)/b11-8+. The van der Waals surface area contributed by atoms with Crippen LogP contribution >= 0.6 is 0 Å². The van der Waals surface area contributed by atoms with Gasteiger partial charge in [0.05, 0.1) is 10.6 Å². The fourth-order valence-electron chi connectivity index (χ4n) is 3.13. The van der Waals surface area contributed by atoms with Crippen LogP contribution in [-0.2, 0) is 24.3 Å². The Bertz CT molecular complexity index is 1040. The number of hydrogen-bond acceptors (Lipinski definition) is 7. The third-order valence-electron chi connectivity index (χ3n) is 4.73. The van der Waals surface area contributed by atoms with E-state index in [2.05, 4.69) is 10.5 Å². The number of amides is 1. The number of nitrogens with one attached hydrogen (secondary N) is 1. The van der Waals surface area contributed by atoms with Crippen molar-refractivity contribution in [3.63, 3.8) is 0 Å². The summed E-state index contributed by atoms with van der Waals surface area (Å²) in [5, 5.41) is 6.04. The van der Waals surface area contributed by atoms with E-state index in [0.29, 0.717) is 24.3 Å². The lowest BCUT2D eigenvalue weighted by Gasteiger charge is -2.19. The van der Waals surface area contributed by atoms with E-state index in [4.69, 9.17) is 9.26 Å². The maximum atomic E-state index is 12.8. The maximum absolute atomic E-state index is 12.8. The molecule has 1 aromatic heterocycles. The number of anilines is 1. The van der Waals surface area contributed by atoms with Gasteiger partial charge in [-0.1, -0.05) is 30.1 Å². The van der Waals surface area contributed by atoms with E-state index in [1.807, 2.05) is 0 Å². The molecule has 2 aromatic rings. The first-order valence-electron chi connectivity index (χ1n) is 10.0. The predicted molar refractivity (Wildman–Crippen MR) is 114 cm³/mol. The molecule has 1 amide bonds. The van der Waals surface area contributed by atoms with Gasteiger partial charge < -0.3 is 9.26 Å². The van der Waals surface area contributed by atoms with Gasteiger partial charge in [-0.3, -0.25) is 10.1 Å². The molecular formula is C21H25N3O6S. The van der Waals surface area contributed by atoms with Gasteiger partial charge in [-0.2, -0.15) is 4.31 Å². The van der Waals surface area contributed by atoms with E-state index in [1.54, 1.807) is 19.1 Å². The van der Waals surface area contributed by atoms with Crippen molar-refractivity contribution in [2.75, 3.05) is 25.0 Å². The van der Waals surface area contributed by atoms with Crippen LogP contribution in [-0.4, -0.2) is 49.5 Å². The van der Waals surface area contributed by atoms with Gasteiger partial charge in [0, 0.05) is 25.2 Å². The first-order valence-corrected chi connectivity index (χ1v) is 11.5. The average molecular weight is 448 g/mol. The zero-order chi connectivity index (χ0) is 22.3. The molecule has 1 saturated heterocycles. The van der Waals surface area contributed by atoms with Crippen molar-refractivity contribution in [3.8, 4) is 0 Å². The molecule has 9 nitrogen and oxygen atoms in total. The van der Waals surface area contributed by atoms with Crippen LogP contribution < -0.4 is 5.32 Å². The Labute approximate surface area is 181 Å². The highest BCUT2D eigenvalue weighted by molar-refractivity contribution is 7.89. The fraction of sp³-hybridized carbons (Fsp3) is 0.381. The molecule has 0 aliphatic carbocycles. The smallest absolute Gasteiger partial charge is 0.331 e. The van der Waals surface area contributed by atoms with Gasteiger partial charge in [-0.15, -0.1) is 0 Å². The van der Waals surface area contributed by atoms with Gasteiger partial charge in [0.2, 0.25) is 15.9 Å². The van der Waals surface area contributed by atoms with Crippen LogP contribution in [0.25, 0.3) is 6.08 Å². The van der Waals surface area contributed by atoms with Crippen molar-refractivity contribution in [2.45, 2.75) is 37.5 Å². The lowest BCUT2D eigenvalue weighted by Crippen LogP contribution is -2.31. The van der Waals surface area contributed by atoms with Crippen molar-refractivity contribution < 1.29 is 27.3 Å². The number of carbonyl (C=O) groups is 2. The first-order chi connectivity index (χ1) is 14.8. The molecule has 1 fully saturated rings. The number of esters is 1. The van der Waals surface area contributed by atoms with Crippen molar-refractivity contribution in [2.24, 2.45) is 0 Å². The van der Waals surface area contributed by atoms with Crippen LogP contribution in [0.15, 0.2) is 45.8 Å². The number of rotatable bonds is 7. The van der Waals surface area contributed by atoms with Gasteiger partial charge in [0.1, 0.15) is 0 Å². The van der Waals surface area contributed by atoms with Crippen molar-refractivity contribution in [1.29, 1.82) is 0 Å². The minimum atomic E-state index is -3.51. The van der Waals surface area contributed by atoms with E-state index in [-0.39, 0.29) is 10.8 Å². The molecule has 1 aliphatic heterocycles. The summed E-state index contributed by atoms with van der Waals surface area (Å²) in [5.41, 5.74) is 1.24. The van der Waals surface area contributed by atoms with Crippen LogP contribution in [0.2, 0.25) is 0 Å². The molecule has 1 aliphatic rings. The molecule has 0 atom stereocenters. The SMILES string of the molecule is Cc1cc(NC(=O)COC(=O)/C=C/c2ccc(S(=O)(=O)N3CCCCCC3)cc2)on1. The van der Waals surface area contributed by atoms with Crippen molar-refractivity contribution in [3.05, 3.63) is 47.7 Å². The molecular weight excluding hydrogens is 422 g/mol. The molecule has 0 saturated carbocycles.